The number of amides is 1. The summed E-state index contributed by atoms with van der Waals surface area (Å²) in [5.41, 5.74) is -0.198. The molecule has 0 heterocycles. The van der Waals surface area contributed by atoms with Crippen molar-refractivity contribution in [1.82, 2.24) is 0 Å². The normalized spacial score (nSPS) is 10.4. The van der Waals surface area contributed by atoms with Gasteiger partial charge in [-0.2, -0.15) is 8.78 Å². The zero-order chi connectivity index (χ0) is 20.7. The van der Waals surface area contributed by atoms with E-state index in [1.165, 1.54) is 43.5 Å². The number of benzene rings is 2. The molecule has 2 aromatic rings. The van der Waals surface area contributed by atoms with Crippen LogP contribution < -0.4 is 10.1 Å². The molecule has 1 amide bonds. The SMILES string of the molecule is COc1ccc(C(=O)OCC(=O)Nc2ccc(SC(F)F)cc2)cc1[N+](=O)[O-]. The summed E-state index contributed by atoms with van der Waals surface area (Å²) < 4.78 is 34.2. The summed E-state index contributed by atoms with van der Waals surface area (Å²) in [5, 5.41) is 13.4. The highest BCUT2D eigenvalue weighted by molar-refractivity contribution is 7.99. The molecule has 0 aliphatic rings. The Morgan fingerprint density at radius 1 is 1.21 bits per heavy atom. The summed E-state index contributed by atoms with van der Waals surface area (Å²) in [5.74, 6) is -4.16. The van der Waals surface area contributed by atoms with E-state index < -0.39 is 34.9 Å². The van der Waals surface area contributed by atoms with Gasteiger partial charge in [0.05, 0.1) is 17.6 Å². The number of esters is 1. The van der Waals surface area contributed by atoms with Gasteiger partial charge in [-0.1, -0.05) is 11.8 Å². The summed E-state index contributed by atoms with van der Waals surface area (Å²) in [7, 11) is 1.25. The van der Waals surface area contributed by atoms with Crippen molar-refractivity contribution >= 4 is 35.0 Å². The number of rotatable bonds is 8. The van der Waals surface area contributed by atoms with Crippen molar-refractivity contribution in [2.45, 2.75) is 10.7 Å². The Morgan fingerprint density at radius 3 is 2.46 bits per heavy atom. The molecule has 0 saturated carbocycles. The number of hydrogen-bond donors (Lipinski definition) is 1. The molecule has 0 fully saturated rings. The molecule has 1 N–H and O–H groups in total. The van der Waals surface area contributed by atoms with Crippen LogP contribution in [-0.2, 0) is 9.53 Å². The first-order chi connectivity index (χ1) is 13.3. The van der Waals surface area contributed by atoms with Gasteiger partial charge in [0, 0.05) is 16.6 Å². The fraction of sp³-hybridized carbons (Fsp3) is 0.176. The minimum absolute atomic E-state index is 0.0206. The minimum atomic E-state index is -2.55. The molecule has 0 aliphatic carbocycles. The van der Waals surface area contributed by atoms with Crippen LogP contribution in [0.15, 0.2) is 47.4 Å². The molecule has 0 aromatic heterocycles. The Hall–Kier alpha value is -3.21. The van der Waals surface area contributed by atoms with Gasteiger partial charge < -0.3 is 14.8 Å². The van der Waals surface area contributed by atoms with Crippen LogP contribution >= 0.6 is 11.8 Å². The van der Waals surface area contributed by atoms with E-state index in [0.717, 1.165) is 6.07 Å². The van der Waals surface area contributed by atoms with Gasteiger partial charge in [-0.25, -0.2) is 4.79 Å². The summed E-state index contributed by atoms with van der Waals surface area (Å²) in [6.07, 6.45) is 0. The Bertz CT molecular complexity index is 876. The van der Waals surface area contributed by atoms with E-state index in [-0.39, 0.29) is 11.3 Å². The number of alkyl halides is 2. The van der Waals surface area contributed by atoms with Gasteiger partial charge in [-0.15, -0.1) is 0 Å². The highest BCUT2D eigenvalue weighted by Gasteiger charge is 2.19. The van der Waals surface area contributed by atoms with E-state index in [1.54, 1.807) is 0 Å². The highest BCUT2D eigenvalue weighted by Crippen LogP contribution is 2.28. The van der Waals surface area contributed by atoms with Crippen LogP contribution in [0.25, 0.3) is 0 Å². The second-order valence-corrected chi connectivity index (χ2v) is 6.23. The molecular formula is C17H14F2N2O6S. The number of halogens is 2. The Labute approximate surface area is 162 Å². The molecule has 0 aliphatic heterocycles. The maximum Gasteiger partial charge on any atom is 0.338 e. The zero-order valence-corrected chi connectivity index (χ0v) is 15.2. The quantitative estimate of drug-likeness (QED) is 0.305. The first kappa shape index (κ1) is 21.1. The lowest BCUT2D eigenvalue weighted by Crippen LogP contribution is -2.21. The second-order valence-electron chi connectivity index (χ2n) is 5.17. The Morgan fingerprint density at radius 2 is 1.89 bits per heavy atom. The van der Waals surface area contributed by atoms with Gasteiger partial charge in [0.25, 0.3) is 11.7 Å². The number of ether oxygens (including phenoxy) is 2. The topological polar surface area (TPSA) is 108 Å². The van der Waals surface area contributed by atoms with Crippen molar-refractivity contribution in [3.63, 3.8) is 0 Å². The fourth-order valence-corrected chi connectivity index (χ4v) is 2.59. The van der Waals surface area contributed by atoms with Crippen molar-refractivity contribution in [2.75, 3.05) is 19.0 Å². The number of carbonyl (C=O) groups excluding carboxylic acids is 2. The molecule has 0 saturated heterocycles. The number of nitrogens with zero attached hydrogens (tertiary/aromatic N) is 1. The number of nitro benzene ring substituents is 1. The lowest BCUT2D eigenvalue weighted by Gasteiger charge is -2.08. The largest absolute Gasteiger partial charge is 0.490 e. The van der Waals surface area contributed by atoms with Crippen molar-refractivity contribution < 1.29 is 32.8 Å². The van der Waals surface area contributed by atoms with Crippen LogP contribution in [0.1, 0.15) is 10.4 Å². The Kier molecular flexibility index (Phi) is 7.27. The van der Waals surface area contributed by atoms with Crippen molar-refractivity contribution in [3.8, 4) is 5.75 Å². The van der Waals surface area contributed by atoms with Crippen LogP contribution in [-0.4, -0.2) is 36.3 Å². The van der Waals surface area contributed by atoms with Gasteiger partial charge in [0.2, 0.25) is 0 Å². The van der Waals surface area contributed by atoms with Crippen LogP contribution in [0.2, 0.25) is 0 Å². The molecular weight excluding hydrogens is 398 g/mol. The highest BCUT2D eigenvalue weighted by atomic mass is 32.2. The molecule has 8 nitrogen and oxygen atoms in total. The minimum Gasteiger partial charge on any atom is -0.490 e. The number of anilines is 1. The summed E-state index contributed by atoms with van der Waals surface area (Å²) in [6.45, 7) is -0.633. The van der Waals surface area contributed by atoms with Crippen molar-refractivity contribution in [1.29, 1.82) is 0 Å². The van der Waals surface area contributed by atoms with Crippen LogP contribution in [0.3, 0.4) is 0 Å². The lowest BCUT2D eigenvalue weighted by molar-refractivity contribution is -0.385. The maximum absolute atomic E-state index is 12.3. The number of thioether (sulfide) groups is 1. The molecule has 148 valence electrons. The third-order valence-corrected chi connectivity index (χ3v) is 4.03. The van der Waals surface area contributed by atoms with Gasteiger partial charge >= 0.3 is 11.7 Å². The molecule has 0 radical (unpaired) electrons. The van der Waals surface area contributed by atoms with E-state index in [4.69, 9.17) is 9.47 Å². The first-order valence-electron chi connectivity index (χ1n) is 7.64. The van der Waals surface area contributed by atoms with Gasteiger partial charge in [-0.3, -0.25) is 14.9 Å². The average molecular weight is 412 g/mol. The number of carbonyl (C=O) groups is 2. The molecule has 0 atom stereocenters. The van der Waals surface area contributed by atoms with E-state index in [2.05, 4.69) is 5.32 Å². The third kappa shape index (κ3) is 5.91. The molecule has 2 aromatic carbocycles. The number of methoxy groups -OCH3 is 1. The predicted octanol–water partition coefficient (Wildman–Crippen LogP) is 3.71. The summed E-state index contributed by atoms with van der Waals surface area (Å²) >= 11 is 0.371. The lowest BCUT2D eigenvalue weighted by atomic mass is 10.2. The molecule has 0 spiro atoms. The third-order valence-electron chi connectivity index (χ3n) is 3.31. The molecule has 28 heavy (non-hydrogen) atoms. The molecule has 11 heteroatoms. The predicted molar refractivity (Wildman–Crippen MR) is 96.9 cm³/mol. The standard InChI is InChI=1S/C17H14F2N2O6S/c1-26-14-7-2-10(8-13(14)21(24)25)16(23)27-9-15(22)20-11-3-5-12(6-4-11)28-17(18)19/h2-8,17H,9H2,1H3,(H,20,22). The molecule has 0 unspecified atom stereocenters. The molecule has 2 rings (SSSR count). The number of nitrogens with one attached hydrogen (secondary N) is 1. The van der Waals surface area contributed by atoms with Crippen LogP contribution in [0, 0.1) is 10.1 Å². The number of nitro groups is 1. The number of hydrogen-bond acceptors (Lipinski definition) is 7. The first-order valence-corrected chi connectivity index (χ1v) is 8.52. The van der Waals surface area contributed by atoms with Crippen LogP contribution in [0.5, 0.6) is 5.75 Å². The van der Waals surface area contributed by atoms with Gasteiger partial charge in [-0.05, 0) is 36.4 Å². The van der Waals surface area contributed by atoms with E-state index >= 15 is 0 Å². The van der Waals surface area contributed by atoms with E-state index in [0.29, 0.717) is 22.3 Å². The van der Waals surface area contributed by atoms with Gasteiger partial charge in [0.1, 0.15) is 0 Å². The van der Waals surface area contributed by atoms with Crippen molar-refractivity contribution in [2.24, 2.45) is 0 Å². The van der Waals surface area contributed by atoms with Crippen molar-refractivity contribution in [3.05, 3.63) is 58.1 Å². The summed E-state index contributed by atoms with van der Waals surface area (Å²) in [6, 6.07) is 9.18. The summed E-state index contributed by atoms with van der Waals surface area (Å²) in [4.78, 5) is 34.4. The zero-order valence-electron chi connectivity index (χ0n) is 14.4. The maximum atomic E-state index is 12.3. The van der Waals surface area contributed by atoms with E-state index in [9.17, 15) is 28.5 Å². The van der Waals surface area contributed by atoms with Gasteiger partial charge in [0.15, 0.2) is 12.4 Å². The average Bonchev–Trinajstić information content (AvgIpc) is 2.66. The van der Waals surface area contributed by atoms with E-state index in [1.807, 2.05) is 0 Å². The Balaban J connectivity index is 1.92. The molecule has 0 bridgehead atoms. The smallest absolute Gasteiger partial charge is 0.338 e. The van der Waals surface area contributed by atoms with Crippen LogP contribution in [0.4, 0.5) is 20.2 Å². The second kappa shape index (κ2) is 9.65. The monoisotopic (exact) mass is 412 g/mol. The fourth-order valence-electron chi connectivity index (χ4n) is 2.09.